The molecule has 1 aliphatic rings. The highest BCUT2D eigenvalue weighted by molar-refractivity contribution is 5.78. The first-order chi connectivity index (χ1) is 7.87. The Balaban J connectivity index is 2.49. The van der Waals surface area contributed by atoms with Gasteiger partial charge in [0.25, 0.3) is 0 Å². The Bertz CT molecular complexity index is 335. The lowest BCUT2D eigenvalue weighted by Gasteiger charge is -2.57. The Hall–Kier alpha value is -1.12. The van der Waals surface area contributed by atoms with Crippen LogP contribution in [0.3, 0.4) is 0 Å². The lowest BCUT2D eigenvalue weighted by molar-refractivity contribution is -0.238. The summed E-state index contributed by atoms with van der Waals surface area (Å²) >= 11 is 0. The van der Waals surface area contributed by atoms with Crippen molar-refractivity contribution in [2.75, 3.05) is 13.2 Å². The SMILES string of the molecule is CCO[C@@H]1C[C@](O)(CNC(=O)CC#N)C1(C)C. The van der Waals surface area contributed by atoms with Gasteiger partial charge in [-0.05, 0) is 6.92 Å². The molecule has 1 saturated carbocycles. The number of nitrogens with zero attached hydrogens (tertiary/aromatic N) is 1. The zero-order valence-corrected chi connectivity index (χ0v) is 10.6. The fourth-order valence-corrected chi connectivity index (χ4v) is 2.14. The largest absolute Gasteiger partial charge is 0.387 e. The van der Waals surface area contributed by atoms with Gasteiger partial charge in [-0.15, -0.1) is 0 Å². The molecule has 0 aliphatic heterocycles. The molecule has 0 aromatic rings. The predicted molar refractivity (Wildman–Crippen MR) is 62.0 cm³/mol. The average Bonchev–Trinajstić information content (AvgIpc) is 2.26. The van der Waals surface area contributed by atoms with Gasteiger partial charge in [0.15, 0.2) is 0 Å². The molecule has 1 amide bonds. The molecule has 96 valence electrons. The summed E-state index contributed by atoms with van der Waals surface area (Å²) in [5, 5.41) is 21.3. The van der Waals surface area contributed by atoms with Gasteiger partial charge in [-0.2, -0.15) is 5.26 Å². The van der Waals surface area contributed by atoms with E-state index in [0.29, 0.717) is 13.0 Å². The highest BCUT2D eigenvalue weighted by Gasteiger charge is 2.59. The van der Waals surface area contributed by atoms with Gasteiger partial charge in [0, 0.05) is 25.0 Å². The first-order valence-corrected chi connectivity index (χ1v) is 5.85. The third-order valence-electron chi connectivity index (χ3n) is 3.71. The van der Waals surface area contributed by atoms with E-state index in [0.717, 1.165) is 0 Å². The van der Waals surface area contributed by atoms with E-state index in [1.165, 1.54) is 0 Å². The first kappa shape index (κ1) is 13.9. The fourth-order valence-electron chi connectivity index (χ4n) is 2.14. The van der Waals surface area contributed by atoms with E-state index >= 15 is 0 Å². The number of nitrogens with one attached hydrogen (secondary N) is 1. The zero-order valence-electron chi connectivity index (χ0n) is 10.6. The highest BCUT2D eigenvalue weighted by Crippen LogP contribution is 2.50. The molecule has 0 spiro atoms. The van der Waals surface area contributed by atoms with Gasteiger partial charge < -0.3 is 15.2 Å². The molecule has 1 fully saturated rings. The van der Waals surface area contributed by atoms with Gasteiger partial charge in [0.1, 0.15) is 6.42 Å². The molecule has 1 rings (SSSR count). The van der Waals surface area contributed by atoms with E-state index in [-0.39, 0.29) is 30.4 Å². The van der Waals surface area contributed by atoms with Crippen LogP contribution in [-0.4, -0.2) is 35.9 Å². The molecule has 2 atom stereocenters. The Morgan fingerprint density at radius 2 is 2.29 bits per heavy atom. The molecular formula is C12H20N2O3. The number of hydrogen-bond donors (Lipinski definition) is 2. The van der Waals surface area contributed by atoms with Gasteiger partial charge in [-0.25, -0.2) is 0 Å². The third kappa shape index (κ3) is 2.59. The van der Waals surface area contributed by atoms with Crippen molar-refractivity contribution in [1.82, 2.24) is 5.32 Å². The average molecular weight is 240 g/mol. The highest BCUT2D eigenvalue weighted by atomic mass is 16.5. The van der Waals surface area contributed by atoms with Crippen molar-refractivity contribution >= 4 is 5.91 Å². The summed E-state index contributed by atoms with van der Waals surface area (Å²) in [6.07, 6.45) is 0.358. The summed E-state index contributed by atoms with van der Waals surface area (Å²) < 4.78 is 5.52. The molecule has 0 unspecified atom stereocenters. The molecule has 0 aromatic heterocycles. The van der Waals surface area contributed by atoms with Crippen molar-refractivity contribution in [3.05, 3.63) is 0 Å². The predicted octanol–water partition coefficient (Wildman–Crippen LogP) is 0.582. The van der Waals surface area contributed by atoms with E-state index in [4.69, 9.17) is 10.00 Å². The van der Waals surface area contributed by atoms with Crippen LogP contribution in [-0.2, 0) is 9.53 Å². The number of aliphatic hydroxyl groups is 1. The van der Waals surface area contributed by atoms with Gasteiger partial charge in [-0.3, -0.25) is 4.79 Å². The minimum atomic E-state index is -0.946. The van der Waals surface area contributed by atoms with E-state index in [9.17, 15) is 9.90 Å². The molecule has 17 heavy (non-hydrogen) atoms. The van der Waals surface area contributed by atoms with Crippen molar-refractivity contribution < 1.29 is 14.6 Å². The number of carbonyl (C=O) groups is 1. The molecule has 1 aliphatic carbocycles. The molecule has 0 radical (unpaired) electrons. The van der Waals surface area contributed by atoms with Crippen LogP contribution in [0.2, 0.25) is 0 Å². The number of hydrogen-bond acceptors (Lipinski definition) is 4. The zero-order chi connectivity index (χ0) is 13.1. The van der Waals surface area contributed by atoms with Crippen LogP contribution in [0.5, 0.6) is 0 Å². The molecular weight excluding hydrogens is 220 g/mol. The number of ether oxygens (including phenoxy) is 1. The second-order valence-corrected chi connectivity index (χ2v) is 5.01. The van der Waals surface area contributed by atoms with Crippen molar-refractivity contribution in [3.63, 3.8) is 0 Å². The van der Waals surface area contributed by atoms with Crippen molar-refractivity contribution in [1.29, 1.82) is 5.26 Å². The van der Waals surface area contributed by atoms with E-state index in [1.54, 1.807) is 6.07 Å². The smallest absolute Gasteiger partial charge is 0.234 e. The first-order valence-electron chi connectivity index (χ1n) is 5.85. The summed E-state index contributed by atoms with van der Waals surface area (Å²) in [6.45, 7) is 6.55. The number of nitriles is 1. The Morgan fingerprint density at radius 1 is 1.65 bits per heavy atom. The fraction of sp³-hybridized carbons (Fsp3) is 0.833. The van der Waals surface area contributed by atoms with Crippen LogP contribution in [0.25, 0.3) is 0 Å². The van der Waals surface area contributed by atoms with Crippen LogP contribution in [0.1, 0.15) is 33.6 Å². The van der Waals surface area contributed by atoms with E-state index in [2.05, 4.69) is 5.32 Å². The number of amides is 1. The molecule has 5 heteroatoms. The number of rotatable bonds is 5. The van der Waals surface area contributed by atoms with Crippen LogP contribution in [0.4, 0.5) is 0 Å². The van der Waals surface area contributed by atoms with Gasteiger partial charge in [0.05, 0.1) is 17.8 Å². The van der Waals surface area contributed by atoms with Crippen LogP contribution in [0, 0.1) is 16.7 Å². The van der Waals surface area contributed by atoms with Crippen LogP contribution < -0.4 is 5.32 Å². The molecule has 0 bridgehead atoms. The molecule has 2 N–H and O–H groups in total. The number of carbonyl (C=O) groups excluding carboxylic acids is 1. The lowest BCUT2D eigenvalue weighted by Crippen LogP contribution is -2.68. The molecule has 0 heterocycles. The summed E-state index contributed by atoms with van der Waals surface area (Å²) in [4.78, 5) is 11.2. The molecule has 0 saturated heterocycles. The maximum absolute atomic E-state index is 11.2. The third-order valence-corrected chi connectivity index (χ3v) is 3.71. The molecule has 5 nitrogen and oxygen atoms in total. The topological polar surface area (TPSA) is 82.3 Å². The standard InChI is InChI=1S/C12H20N2O3/c1-4-17-9-7-12(16,11(9,2)3)8-14-10(15)5-6-13/h9,16H,4-5,7-8H2,1-3H3,(H,14,15)/t9-,12+/m1/s1. The minimum Gasteiger partial charge on any atom is -0.387 e. The Kier molecular flexibility index (Phi) is 4.12. The maximum atomic E-state index is 11.2. The second kappa shape index (κ2) is 5.03. The monoisotopic (exact) mass is 240 g/mol. The van der Waals surface area contributed by atoms with Crippen LogP contribution in [0.15, 0.2) is 0 Å². The second-order valence-electron chi connectivity index (χ2n) is 5.01. The van der Waals surface area contributed by atoms with Gasteiger partial charge >= 0.3 is 0 Å². The maximum Gasteiger partial charge on any atom is 0.234 e. The quantitative estimate of drug-likeness (QED) is 0.736. The van der Waals surface area contributed by atoms with E-state index in [1.807, 2.05) is 20.8 Å². The normalized spacial score (nSPS) is 30.2. The summed E-state index contributed by atoms with van der Waals surface area (Å²) in [5.74, 6) is -0.350. The summed E-state index contributed by atoms with van der Waals surface area (Å²) in [5.41, 5.74) is -1.33. The lowest BCUT2D eigenvalue weighted by atomic mass is 9.56. The summed E-state index contributed by atoms with van der Waals surface area (Å²) in [6, 6.07) is 1.77. The van der Waals surface area contributed by atoms with Gasteiger partial charge in [0.2, 0.25) is 5.91 Å². The van der Waals surface area contributed by atoms with E-state index < -0.39 is 5.60 Å². The Labute approximate surface area is 102 Å². The molecule has 0 aromatic carbocycles. The van der Waals surface area contributed by atoms with Crippen LogP contribution >= 0.6 is 0 Å². The van der Waals surface area contributed by atoms with Crippen molar-refractivity contribution in [2.24, 2.45) is 5.41 Å². The Morgan fingerprint density at radius 3 is 2.76 bits per heavy atom. The minimum absolute atomic E-state index is 0.0189. The van der Waals surface area contributed by atoms with Crippen molar-refractivity contribution in [2.45, 2.75) is 45.3 Å². The van der Waals surface area contributed by atoms with Gasteiger partial charge in [-0.1, -0.05) is 13.8 Å². The van der Waals surface area contributed by atoms with Crippen molar-refractivity contribution in [3.8, 4) is 6.07 Å². The summed E-state index contributed by atoms with van der Waals surface area (Å²) in [7, 11) is 0.